The van der Waals surface area contributed by atoms with Crippen molar-refractivity contribution in [3.8, 4) is 0 Å². The van der Waals surface area contributed by atoms with Gasteiger partial charge in [-0.1, -0.05) is 13.3 Å². The molecule has 2 aromatic heterocycles. The van der Waals surface area contributed by atoms with Gasteiger partial charge in [-0.05, 0) is 18.8 Å². The highest BCUT2D eigenvalue weighted by Crippen LogP contribution is 2.37. The molecule has 0 saturated heterocycles. The zero-order valence-corrected chi connectivity index (χ0v) is 10.6. The summed E-state index contributed by atoms with van der Waals surface area (Å²) in [6.45, 7) is 2.15. The number of nitrogen functional groups attached to an aromatic ring is 1. The number of carbonyl (C=O) groups is 1. The van der Waals surface area contributed by atoms with Crippen LogP contribution in [-0.2, 0) is 0 Å². The fraction of sp³-hybridized carbons (Fsp3) is 0.500. The molecule has 7 nitrogen and oxygen atoms in total. The predicted octanol–water partition coefficient (Wildman–Crippen LogP) is 1.47. The molecule has 0 bridgehead atoms. The maximum atomic E-state index is 11.3. The topological polar surface area (TPSA) is 107 Å². The summed E-state index contributed by atoms with van der Waals surface area (Å²) in [6.07, 6.45) is 4.58. The minimum Gasteiger partial charge on any atom is -0.476 e. The van der Waals surface area contributed by atoms with Crippen molar-refractivity contribution in [1.29, 1.82) is 0 Å². The van der Waals surface area contributed by atoms with E-state index in [1.807, 2.05) is 0 Å². The van der Waals surface area contributed by atoms with Crippen LogP contribution in [0.4, 0.5) is 5.82 Å². The van der Waals surface area contributed by atoms with Crippen LogP contribution in [0.5, 0.6) is 0 Å². The predicted molar refractivity (Wildman–Crippen MR) is 68.7 cm³/mol. The molecule has 0 unspecified atom stereocenters. The summed E-state index contributed by atoms with van der Waals surface area (Å²) in [5.74, 6) is -0.476. The van der Waals surface area contributed by atoms with E-state index in [4.69, 9.17) is 5.73 Å². The van der Waals surface area contributed by atoms with Crippen LogP contribution in [-0.4, -0.2) is 30.8 Å². The van der Waals surface area contributed by atoms with Gasteiger partial charge in [0.2, 0.25) is 0 Å². The number of rotatable bonds is 2. The van der Waals surface area contributed by atoms with E-state index in [2.05, 4.69) is 22.0 Å². The van der Waals surface area contributed by atoms with Crippen molar-refractivity contribution in [2.45, 2.75) is 32.2 Å². The number of fused-ring (bicyclic) bond motifs is 1. The molecular weight excluding hydrogens is 246 g/mol. The minimum absolute atomic E-state index is 0.0628. The van der Waals surface area contributed by atoms with Gasteiger partial charge in [0.15, 0.2) is 11.3 Å². The molecule has 1 fully saturated rings. The number of anilines is 1. The Kier molecular flexibility index (Phi) is 2.62. The number of nitrogens with two attached hydrogens (primary N) is 1. The monoisotopic (exact) mass is 261 g/mol. The van der Waals surface area contributed by atoms with E-state index in [1.165, 1.54) is 6.33 Å². The summed E-state index contributed by atoms with van der Waals surface area (Å²) < 4.78 is 1.72. The number of carboxylic acid groups (broad SMARTS) is 1. The van der Waals surface area contributed by atoms with Crippen LogP contribution in [0.15, 0.2) is 6.33 Å². The molecule has 19 heavy (non-hydrogen) atoms. The van der Waals surface area contributed by atoms with Crippen LogP contribution in [0, 0.1) is 5.92 Å². The number of aromatic carboxylic acids is 1. The van der Waals surface area contributed by atoms with Gasteiger partial charge in [-0.25, -0.2) is 19.4 Å². The Labute approximate surface area is 109 Å². The maximum absolute atomic E-state index is 11.3. The summed E-state index contributed by atoms with van der Waals surface area (Å²) in [6, 6.07) is 0.185. The summed E-state index contributed by atoms with van der Waals surface area (Å²) in [4.78, 5) is 19.3. The van der Waals surface area contributed by atoms with Crippen molar-refractivity contribution >= 4 is 22.8 Å². The first-order valence-electron chi connectivity index (χ1n) is 6.31. The molecule has 3 N–H and O–H groups in total. The second kappa shape index (κ2) is 4.18. The molecule has 1 aliphatic carbocycles. The van der Waals surface area contributed by atoms with Crippen molar-refractivity contribution in [2.24, 2.45) is 5.92 Å². The van der Waals surface area contributed by atoms with Crippen LogP contribution in [0.25, 0.3) is 11.0 Å². The number of aromatic nitrogens is 4. The van der Waals surface area contributed by atoms with Gasteiger partial charge in [0.05, 0.1) is 11.4 Å². The van der Waals surface area contributed by atoms with Gasteiger partial charge in [-0.3, -0.25) is 0 Å². The molecule has 0 radical (unpaired) electrons. The van der Waals surface area contributed by atoms with Crippen LogP contribution in [0.1, 0.15) is 42.7 Å². The molecule has 100 valence electrons. The molecule has 7 heteroatoms. The molecule has 1 aliphatic rings. The Morgan fingerprint density at radius 1 is 1.47 bits per heavy atom. The summed E-state index contributed by atoms with van der Waals surface area (Å²) in [5.41, 5.74) is 6.23. The molecule has 0 spiro atoms. The first-order valence-corrected chi connectivity index (χ1v) is 6.31. The van der Waals surface area contributed by atoms with Crippen LogP contribution in [0.3, 0.4) is 0 Å². The highest BCUT2D eigenvalue weighted by Gasteiger charge is 2.30. The van der Waals surface area contributed by atoms with Gasteiger partial charge in [0, 0.05) is 0 Å². The van der Waals surface area contributed by atoms with Gasteiger partial charge in [0.1, 0.15) is 12.1 Å². The number of nitrogens with zero attached hydrogens (tertiary/aromatic N) is 4. The van der Waals surface area contributed by atoms with E-state index in [0.717, 1.165) is 19.3 Å². The van der Waals surface area contributed by atoms with Crippen LogP contribution < -0.4 is 5.73 Å². The maximum Gasteiger partial charge on any atom is 0.357 e. The smallest absolute Gasteiger partial charge is 0.357 e. The van der Waals surface area contributed by atoms with E-state index < -0.39 is 5.97 Å². The number of hydrogen-bond acceptors (Lipinski definition) is 5. The van der Waals surface area contributed by atoms with Gasteiger partial charge in [0.25, 0.3) is 0 Å². The molecule has 3 rings (SSSR count). The van der Waals surface area contributed by atoms with E-state index in [0.29, 0.717) is 17.0 Å². The zero-order chi connectivity index (χ0) is 13.6. The second-order valence-electron chi connectivity index (χ2n) is 5.03. The summed E-state index contributed by atoms with van der Waals surface area (Å²) in [7, 11) is 0. The third kappa shape index (κ3) is 1.73. The quantitative estimate of drug-likeness (QED) is 0.847. The highest BCUT2D eigenvalue weighted by molar-refractivity contribution is 6.04. The Morgan fingerprint density at radius 3 is 2.89 bits per heavy atom. The normalized spacial score (nSPS) is 23.0. The zero-order valence-electron chi connectivity index (χ0n) is 10.6. The molecule has 1 saturated carbocycles. The third-order valence-electron chi connectivity index (χ3n) is 3.85. The Balaban J connectivity index is 2.26. The van der Waals surface area contributed by atoms with Crippen molar-refractivity contribution < 1.29 is 9.90 Å². The van der Waals surface area contributed by atoms with Crippen molar-refractivity contribution in [2.75, 3.05) is 5.73 Å². The van der Waals surface area contributed by atoms with E-state index in [-0.39, 0.29) is 17.6 Å². The molecule has 2 atom stereocenters. The first kappa shape index (κ1) is 11.9. The van der Waals surface area contributed by atoms with E-state index in [9.17, 15) is 9.90 Å². The highest BCUT2D eigenvalue weighted by atomic mass is 16.4. The molecule has 2 aromatic rings. The lowest BCUT2D eigenvalue weighted by molar-refractivity contribution is 0.0691. The van der Waals surface area contributed by atoms with Crippen molar-refractivity contribution in [3.63, 3.8) is 0 Å². The summed E-state index contributed by atoms with van der Waals surface area (Å²) >= 11 is 0. The van der Waals surface area contributed by atoms with Crippen molar-refractivity contribution in [1.82, 2.24) is 19.7 Å². The largest absolute Gasteiger partial charge is 0.476 e. The third-order valence-corrected chi connectivity index (χ3v) is 3.85. The molecule has 2 heterocycles. The van der Waals surface area contributed by atoms with E-state index >= 15 is 0 Å². The lowest BCUT2D eigenvalue weighted by atomic mass is 10.1. The van der Waals surface area contributed by atoms with Gasteiger partial charge >= 0.3 is 5.97 Å². The molecule has 0 aliphatic heterocycles. The van der Waals surface area contributed by atoms with E-state index in [1.54, 1.807) is 4.68 Å². The molecule has 0 aromatic carbocycles. The number of carboxylic acids is 1. The Morgan fingerprint density at radius 2 is 2.26 bits per heavy atom. The Bertz CT molecular complexity index is 651. The van der Waals surface area contributed by atoms with Gasteiger partial charge in [-0.2, -0.15) is 5.10 Å². The van der Waals surface area contributed by atoms with Crippen LogP contribution in [0.2, 0.25) is 0 Å². The lowest BCUT2D eigenvalue weighted by Gasteiger charge is -2.16. The van der Waals surface area contributed by atoms with Gasteiger partial charge in [-0.15, -0.1) is 0 Å². The van der Waals surface area contributed by atoms with Crippen LogP contribution >= 0.6 is 0 Å². The second-order valence-corrected chi connectivity index (χ2v) is 5.03. The fourth-order valence-corrected chi connectivity index (χ4v) is 2.87. The average Bonchev–Trinajstić information content (AvgIpc) is 2.93. The van der Waals surface area contributed by atoms with Crippen molar-refractivity contribution in [3.05, 3.63) is 12.0 Å². The standard InChI is InChI=1S/C12H15N5O2/c1-6-3-2-4-7(6)17-11-8(9(16-17)12(18)19)10(13)14-5-15-11/h5-7H,2-4H2,1H3,(H,18,19)(H2,13,14,15)/t6-,7+/m0/s1. The molecular formula is C12H15N5O2. The average molecular weight is 261 g/mol. The minimum atomic E-state index is -1.10. The fourth-order valence-electron chi connectivity index (χ4n) is 2.87. The SMILES string of the molecule is C[C@H]1CCC[C@H]1n1nc(C(=O)O)c2c(N)ncnc21. The first-order chi connectivity index (χ1) is 9.09. The summed E-state index contributed by atoms with van der Waals surface area (Å²) in [5, 5.41) is 13.8. The Hall–Kier alpha value is -2.18. The number of hydrogen-bond donors (Lipinski definition) is 2. The molecule has 0 amide bonds. The lowest BCUT2D eigenvalue weighted by Crippen LogP contribution is -2.14. The van der Waals surface area contributed by atoms with Gasteiger partial charge < -0.3 is 10.8 Å².